The van der Waals surface area contributed by atoms with Crippen LogP contribution in [-0.4, -0.2) is 19.2 Å². The minimum absolute atomic E-state index is 0.794. The van der Waals surface area contributed by atoms with E-state index < -0.39 is 0 Å². The Morgan fingerprint density at radius 2 is 2.06 bits per heavy atom. The van der Waals surface area contributed by atoms with E-state index in [4.69, 9.17) is 4.74 Å². The van der Waals surface area contributed by atoms with Crippen LogP contribution in [0.4, 0.5) is 0 Å². The second-order valence-corrected chi connectivity index (χ2v) is 5.31. The van der Waals surface area contributed by atoms with E-state index in [0.29, 0.717) is 0 Å². The summed E-state index contributed by atoms with van der Waals surface area (Å²) in [6, 6.07) is 9.06. The van der Waals surface area contributed by atoms with E-state index in [0.717, 1.165) is 31.4 Å². The molecule has 0 bridgehead atoms. The molecule has 0 unspecified atom stereocenters. The zero-order chi connectivity index (χ0) is 12.6. The van der Waals surface area contributed by atoms with Crippen molar-refractivity contribution in [1.82, 2.24) is 5.32 Å². The summed E-state index contributed by atoms with van der Waals surface area (Å²) in [7, 11) is 0. The van der Waals surface area contributed by atoms with E-state index in [-0.39, 0.29) is 0 Å². The number of hydrogen-bond acceptors (Lipinski definition) is 2. The number of unbranched alkanes of at least 4 members (excludes halogenated alkanes) is 1. The molecule has 0 spiro atoms. The minimum atomic E-state index is 0.794. The van der Waals surface area contributed by atoms with Crippen LogP contribution in [0.2, 0.25) is 0 Å². The Morgan fingerprint density at radius 1 is 1.22 bits per heavy atom. The van der Waals surface area contributed by atoms with Gasteiger partial charge in [-0.1, -0.05) is 25.0 Å². The topological polar surface area (TPSA) is 21.3 Å². The van der Waals surface area contributed by atoms with Gasteiger partial charge in [0.05, 0.1) is 6.61 Å². The first-order valence-electron chi connectivity index (χ1n) is 7.27. The largest absolute Gasteiger partial charge is 0.494 e. The Bertz CT molecular complexity index is 345. The van der Waals surface area contributed by atoms with Gasteiger partial charge < -0.3 is 10.1 Å². The zero-order valence-corrected chi connectivity index (χ0v) is 11.5. The molecule has 2 rings (SSSR count). The number of nitrogens with one attached hydrogen (secondary N) is 1. The first-order chi connectivity index (χ1) is 8.84. The molecule has 100 valence electrons. The van der Waals surface area contributed by atoms with Gasteiger partial charge in [-0.3, -0.25) is 0 Å². The molecule has 1 aliphatic rings. The first kappa shape index (κ1) is 13.4. The molecular weight excluding hydrogens is 222 g/mol. The average Bonchev–Trinajstić information content (AvgIpc) is 2.87. The first-order valence-corrected chi connectivity index (χ1v) is 7.27. The minimum Gasteiger partial charge on any atom is -0.494 e. The lowest BCUT2D eigenvalue weighted by atomic mass is 10.2. The number of aryl methyl sites for hydroxylation is 1. The van der Waals surface area contributed by atoms with E-state index in [1.807, 2.05) is 12.1 Å². The lowest BCUT2D eigenvalue weighted by Crippen LogP contribution is -2.27. The van der Waals surface area contributed by atoms with Crippen LogP contribution >= 0.6 is 0 Å². The number of hydrogen-bond donors (Lipinski definition) is 1. The fraction of sp³-hybridized carbons (Fsp3) is 0.625. The van der Waals surface area contributed by atoms with Crippen molar-refractivity contribution in [2.75, 3.05) is 13.2 Å². The van der Waals surface area contributed by atoms with Gasteiger partial charge in [0.1, 0.15) is 5.75 Å². The van der Waals surface area contributed by atoms with Crippen LogP contribution in [0, 0.1) is 6.92 Å². The summed E-state index contributed by atoms with van der Waals surface area (Å²) in [6.07, 6.45) is 7.91. The summed E-state index contributed by atoms with van der Waals surface area (Å²) in [4.78, 5) is 0. The zero-order valence-electron chi connectivity index (χ0n) is 11.5. The predicted molar refractivity (Wildman–Crippen MR) is 76.2 cm³/mol. The fourth-order valence-corrected chi connectivity index (χ4v) is 2.56. The monoisotopic (exact) mass is 247 g/mol. The highest BCUT2D eigenvalue weighted by Gasteiger charge is 2.12. The lowest BCUT2D eigenvalue weighted by Gasteiger charge is -2.11. The van der Waals surface area contributed by atoms with Gasteiger partial charge in [0.2, 0.25) is 0 Å². The van der Waals surface area contributed by atoms with Crippen LogP contribution in [-0.2, 0) is 0 Å². The maximum absolute atomic E-state index is 5.73. The molecule has 0 amide bonds. The highest BCUT2D eigenvalue weighted by molar-refractivity contribution is 5.27. The summed E-state index contributed by atoms with van der Waals surface area (Å²) in [5.41, 5.74) is 1.26. The van der Waals surface area contributed by atoms with Gasteiger partial charge in [0, 0.05) is 6.04 Å². The van der Waals surface area contributed by atoms with E-state index in [9.17, 15) is 0 Å². The molecule has 1 aliphatic carbocycles. The van der Waals surface area contributed by atoms with Gasteiger partial charge in [0.25, 0.3) is 0 Å². The van der Waals surface area contributed by atoms with Crippen LogP contribution in [0.15, 0.2) is 24.3 Å². The molecule has 0 saturated heterocycles. The van der Waals surface area contributed by atoms with Crippen molar-refractivity contribution >= 4 is 0 Å². The summed E-state index contributed by atoms with van der Waals surface area (Å²) in [6.45, 7) is 4.07. The van der Waals surface area contributed by atoms with Gasteiger partial charge in [-0.05, 0) is 56.8 Å². The van der Waals surface area contributed by atoms with Crippen molar-refractivity contribution < 1.29 is 4.74 Å². The highest BCUT2D eigenvalue weighted by Crippen LogP contribution is 2.17. The van der Waals surface area contributed by atoms with Gasteiger partial charge >= 0.3 is 0 Å². The van der Waals surface area contributed by atoms with E-state index >= 15 is 0 Å². The molecule has 0 aromatic heterocycles. The van der Waals surface area contributed by atoms with Crippen molar-refractivity contribution in [2.45, 2.75) is 51.5 Å². The highest BCUT2D eigenvalue weighted by atomic mass is 16.5. The molecule has 2 nitrogen and oxygen atoms in total. The van der Waals surface area contributed by atoms with Crippen molar-refractivity contribution in [3.8, 4) is 5.75 Å². The van der Waals surface area contributed by atoms with E-state index in [2.05, 4.69) is 24.4 Å². The Balaban J connectivity index is 1.50. The van der Waals surface area contributed by atoms with E-state index in [1.54, 1.807) is 0 Å². The second kappa shape index (κ2) is 7.42. The molecule has 1 fully saturated rings. The molecule has 2 heteroatoms. The van der Waals surface area contributed by atoms with Gasteiger partial charge in [-0.15, -0.1) is 0 Å². The van der Waals surface area contributed by atoms with Crippen LogP contribution in [0.25, 0.3) is 0 Å². The standard InChI is InChI=1S/C16H25NO/c1-14-7-6-10-16(13-14)18-12-5-4-11-17-15-8-2-3-9-15/h6-7,10,13,15,17H,2-5,8-9,11-12H2,1H3. The van der Waals surface area contributed by atoms with Crippen molar-refractivity contribution in [3.63, 3.8) is 0 Å². The molecule has 0 radical (unpaired) electrons. The van der Waals surface area contributed by atoms with Crippen LogP contribution in [0.1, 0.15) is 44.1 Å². The predicted octanol–water partition coefficient (Wildman–Crippen LogP) is 3.69. The molecule has 1 aromatic rings. The number of rotatable bonds is 7. The normalized spacial score (nSPS) is 16.1. The summed E-state index contributed by atoms with van der Waals surface area (Å²) in [5.74, 6) is 0.999. The maximum atomic E-state index is 5.73. The second-order valence-electron chi connectivity index (χ2n) is 5.31. The third kappa shape index (κ3) is 4.69. The SMILES string of the molecule is Cc1cccc(OCCCCNC2CCCC2)c1. The van der Waals surface area contributed by atoms with Crippen LogP contribution < -0.4 is 10.1 Å². The number of benzene rings is 1. The quantitative estimate of drug-likeness (QED) is 0.742. The third-order valence-corrected chi connectivity index (χ3v) is 3.62. The van der Waals surface area contributed by atoms with Crippen molar-refractivity contribution in [1.29, 1.82) is 0 Å². The Labute approximate surface area is 111 Å². The Kier molecular flexibility index (Phi) is 5.53. The number of ether oxygens (including phenoxy) is 1. The molecule has 1 aromatic carbocycles. The summed E-state index contributed by atoms with van der Waals surface area (Å²) < 4.78 is 5.73. The smallest absolute Gasteiger partial charge is 0.119 e. The van der Waals surface area contributed by atoms with Gasteiger partial charge in [-0.2, -0.15) is 0 Å². The summed E-state index contributed by atoms with van der Waals surface area (Å²) >= 11 is 0. The molecule has 0 aliphatic heterocycles. The van der Waals surface area contributed by atoms with Gasteiger partial charge in [-0.25, -0.2) is 0 Å². The van der Waals surface area contributed by atoms with Gasteiger partial charge in [0.15, 0.2) is 0 Å². The molecule has 1 saturated carbocycles. The lowest BCUT2D eigenvalue weighted by molar-refractivity contribution is 0.304. The molecule has 1 N–H and O–H groups in total. The Hall–Kier alpha value is -1.02. The molecule has 18 heavy (non-hydrogen) atoms. The van der Waals surface area contributed by atoms with Crippen molar-refractivity contribution in [3.05, 3.63) is 29.8 Å². The maximum Gasteiger partial charge on any atom is 0.119 e. The van der Waals surface area contributed by atoms with Crippen molar-refractivity contribution in [2.24, 2.45) is 0 Å². The molecular formula is C16H25NO. The third-order valence-electron chi connectivity index (χ3n) is 3.62. The van der Waals surface area contributed by atoms with Crippen LogP contribution in [0.5, 0.6) is 5.75 Å². The van der Waals surface area contributed by atoms with Crippen LogP contribution in [0.3, 0.4) is 0 Å². The molecule has 0 heterocycles. The fourth-order valence-electron chi connectivity index (χ4n) is 2.56. The Morgan fingerprint density at radius 3 is 2.83 bits per heavy atom. The average molecular weight is 247 g/mol. The summed E-state index contributed by atoms with van der Waals surface area (Å²) in [5, 5.41) is 3.63. The van der Waals surface area contributed by atoms with E-state index in [1.165, 1.54) is 37.7 Å². The molecule has 0 atom stereocenters.